The molecule has 0 aliphatic rings. The van der Waals surface area contributed by atoms with Gasteiger partial charge in [0.05, 0.1) is 23.7 Å². The highest BCUT2D eigenvalue weighted by Crippen LogP contribution is 2.14. The van der Waals surface area contributed by atoms with Crippen molar-refractivity contribution < 1.29 is 9.53 Å². The Morgan fingerprint density at radius 1 is 1.47 bits per heavy atom. The molecule has 6 nitrogen and oxygen atoms in total. The molecule has 0 atom stereocenters. The Hall–Kier alpha value is -2.02. The molecular weight excluding hydrogens is 264 g/mol. The monoisotopic (exact) mass is 278 g/mol. The number of anilines is 1. The zero-order valence-electron chi connectivity index (χ0n) is 10.7. The number of nitrogens with two attached hydrogens (primary N) is 1. The van der Waals surface area contributed by atoms with Crippen molar-refractivity contribution in [3.8, 4) is 0 Å². The lowest BCUT2D eigenvalue weighted by Crippen LogP contribution is -2.12. The van der Waals surface area contributed by atoms with Gasteiger partial charge in [0.1, 0.15) is 17.2 Å². The second-order valence-electron chi connectivity index (χ2n) is 3.84. The van der Waals surface area contributed by atoms with Crippen LogP contribution in [0.15, 0.2) is 11.6 Å². The van der Waals surface area contributed by atoms with Crippen LogP contribution in [0.2, 0.25) is 0 Å². The van der Waals surface area contributed by atoms with Gasteiger partial charge in [-0.2, -0.15) is 0 Å². The van der Waals surface area contributed by atoms with Gasteiger partial charge < -0.3 is 10.5 Å². The van der Waals surface area contributed by atoms with Crippen molar-refractivity contribution in [1.82, 2.24) is 15.0 Å². The number of ether oxygens (including phenoxy) is 1. The zero-order valence-corrected chi connectivity index (χ0v) is 11.5. The predicted molar refractivity (Wildman–Crippen MR) is 72.1 cm³/mol. The summed E-state index contributed by atoms with van der Waals surface area (Å²) < 4.78 is 4.86. The van der Waals surface area contributed by atoms with Crippen molar-refractivity contribution in [2.75, 3.05) is 12.3 Å². The van der Waals surface area contributed by atoms with E-state index in [-0.39, 0.29) is 18.0 Å². The van der Waals surface area contributed by atoms with Gasteiger partial charge in [0.15, 0.2) is 0 Å². The topological polar surface area (TPSA) is 91.0 Å². The average Bonchev–Trinajstić information content (AvgIpc) is 2.75. The lowest BCUT2D eigenvalue weighted by Gasteiger charge is -2.05. The minimum absolute atomic E-state index is 0.135. The Bertz CT molecular complexity index is 597. The first kappa shape index (κ1) is 13.4. The maximum atomic E-state index is 11.5. The molecular formula is C12H14N4O2S. The number of nitrogens with zero attached hydrogens (tertiary/aromatic N) is 3. The van der Waals surface area contributed by atoms with Gasteiger partial charge in [-0.05, 0) is 13.8 Å². The maximum absolute atomic E-state index is 11.5. The van der Waals surface area contributed by atoms with Crippen molar-refractivity contribution in [3.05, 3.63) is 33.7 Å². The Morgan fingerprint density at radius 3 is 2.84 bits per heavy atom. The molecule has 2 N–H and O–H groups in total. The SMILES string of the molecule is CCOC(=O)c1cnc(Cc2csc(C)n2)nc1N. The van der Waals surface area contributed by atoms with Gasteiger partial charge in [-0.3, -0.25) is 0 Å². The highest BCUT2D eigenvalue weighted by atomic mass is 32.1. The van der Waals surface area contributed by atoms with Crippen LogP contribution >= 0.6 is 11.3 Å². The van der Waals surface area contributed by atoms with E-state index in [0.29, 0.717) is 12.2 Å². The van der Waals surface area contributed by atoms with Crippen LogP contribution in [0.5, 0.6) is 0 Å². The van der Waals surface area contributed by atoms with Crippen LogP contribution in [0.3, 0.4) is 0 Å². The summed E-state index contributed by atoms with van der Waals surface area (Å²) in [5, 5.41) is 2.94. The van der Waals surface area contributed by atoms with E-state index in [2.05, 4.69) is 15.0 Å². The molecule has 0 aliphatic carbocycles. The number of carbonyl (C=O) groups is 1. The number of esters is 1. The average molecular weight is 278 g/mol. The minimum atomic E-state index is -0.504. The number of aryl methyl sites for hydroxylation is 1. The standard InChI is InChI=1S/C12H14N4O2S/c1-3-18-12(17)9-5-14-10(16-11(9)13)4-8-6-19-7(2)15-8/h5-6H,3-4H2,1-2H3,(H2,13,14,16). The third kappa shape index (κ3) is 3.25. The summed E-state index contributed by atoms with van der Waals surface area (Å²) in [7, 11) is 0. The maximum Gasteiger partial charge on any atom is 0.343 e. The molecule has 100 valence electrons. The van der Waals surface area contributed by atoms with Crippen molar-refractivity contribution in [2.45, 2.75) is 20.3 Å². The number of hydrogen-bond donors (Lipinski definition) is 1. The number of carbonyl (C=O) groups excluding carboxylic acids is 1. The van der Waals surface area contributed by atoms with Crippen molar-refractivity contribution in [3.63, 3.8) is 0 Å². The third-order valence-corrected chi connectivity index (χ3v) is 3.19. The van der Waals surface area contributed by atoms with Crippen LogP contribution in [0.25, 0.3) is 0 Å². The molecule has 19 heavy (non-hydrogen) atoms. The predicted octanol–water partition coefficient (Wildman–Crippen LogP) is 1.59. The fourth-order valence-corrected chi connectivity index (χ4v) is 2.15. The molecule has 0 spiro atoms. The molecule has 0 aromatic carbocycles. The summed E-state index contributed by atoms with van der Waals surface area (Å²) in [5.41, 5.74) is 6.83. The van der Waals surface area contributed by atoms with Crippen LogP contribution in [0, 0.1) is 6.92 Å². The number of hydrogen-bond acceptors (Lipinski definition) is 7. The molecule has 0 amide bonds. The van der Waals surface area contributed by atoms with Gasteiger partial charge in [0, 0.05) is 11.6 Å². The zero-order chi connectivity index (χ0) is 13.8. The Labute approximate surface area is 114 Å². The molecule has 2 aromatic heterocycles. The van der Waals surface area contributed by atoms with E-state index < -0.39 is 5.97 Å². The van der Waals surface area contributed by atoms with Crippen LogP contribution in [0.4, 0.5) is 5.82 Å². The Morgan fingerprint density at radius 2 is 2.26 bits per heavy atom. The van der Waals surface area contributed by atoms with E-state index in [1.807, 2.05) is 12.3 Å². The minimum Gasteiger partial charge on any atom is -0.462 e. The quantitative estimate of drug-likeness (QED) is 0.854. The molecule has 0 bridgehead atoms. The molecule has 0 unspecified atom stereocenters. The first-order valence-electron chi connectivity index (χ1n) is 5.79. The first-order chi connectivity index (χ1) is 9.10. The Balaban J connectivity index is 2.16. The molecule has 0 saturated carbocycles. The largest absolute Gasteiger partial charge is 0.462 e. The van der Waals surface area contributed by atoms with E-state index in [4.69, 9.17) is 10.5 Å². The normalized spacial score (nSPS) is 10.4. The molecule has 2 aromatic rings. The Kier molecular flexibility index (Phi) is 4.06. The lowest BCUT2D eigenvalue weighted by atomic mass is 10.3. The van der Waals surface area contributed by atoms with E-state index >= 15 is 0 Å². The molecule has 0 fully saturated rings. The van der Waals surface area contributed by atoms with Crippen molar-refractivity contribution >= 4 is 23.1 Å². The number of rotatable bonds is 4. The van der Waals surface area contributed by atoms with Gasteiger partial charge in [-0.1, -0.05) is 0 Å². The van der Waals surface area contributed by atoms with E-state index in [9.17, 15) is 4.79 Å². The molecule has 2 heterocycles. The lowest BCUT2D eigenvalue weighted by molar-refractivity contribution is 0.0526. The number of aromatic nitrogens is 3. The van der Waals surface area contributed by atoms with Crippen molar-refractivity contribution in [2.24, 2.45) is 0 Å². The molecule has 2 rings (SSSR count). The summed E-state index contributed by atoms with van der Waals surface area (Å²) >= 11 is 1.57. The van der Waals surface area contributed by atoms with Crippen LogP contribution in [-0.2, 0) is 11.2 Å². The first-order valence-corrected chi connectivity index (χ1v) is 6.67. The summed E-state index contributed by atoms with van der Waals surface area (Å²) in [6.45, 7) is 3.96. The molecule has 0 radical (unpaired) electrons. The summed E-state index contributed by atoms with van der Waals surface area (Å²) in [6.07, 6.45) is 1.90. The molecule has 0 saturated heterocycles. The third-order valence-electron chi connectivity index (χ3n) is 2.37. The fraction of sp³-hybridized carbons (Fsp3) is 0.333. The highest BCUT2D eigenvalue weighted by molar-refractivity contribution is 7.09. The number of nitrogen functional groups attached to an aromatic ring is 1. The van der Waals surface area contributed by atoms with Crippen LogP contribution in [0.1, 0.15) is 33.8 Å². The highest BCUT2D eigenvalue weighted by Gasteiger charge is 2.14. The van der Waals surface area contributed by atoms with E-state index in [1.54, 1.807) is 18.3 Å². The van der Waals surface area contributed by atoms with Crippen molar-refractivity contribution in [1.29, 1.82) is 0 Å². The smallest absolute Gasteiger partial charge is 0.343 e. The summed E-state index contributed by atoms with van der Waals surface area (Å²) in [6, 6.07) is 0. The second kappa shape index (κ2) is 5.75. The van der Waals surface area contributed by atoms with Gasteiger partial charge in [0.25, 0.3) is 0 Å². The van der Waals surface area contributed by atoms with E-state index in [0.717, 1.165) is 10.7 Å². The van der Waals surface area contributed by atoms with Gasteiger partial charge >= 0.3 is 5.97 Å². The van der Waals surface area contributed by atoms with E-state index in [1.165, 1.54) is 6.20 Å². The van der Waals surface area contributed by atoms with Crippen LogP contribution in [-0.4, -0.2) is 27.5 Å². The second-order valence-corrected chi connectivity index (χ2v) is 4.90. The number of thiazole rings is 1. The molecule has 0 aliphatic heterocycles. The van der Waals surface area contributed by atoms with Crippen LogP contribution < -0.4 is 5.73 Å². The summed E-state index contributed by atoms with van der Waals surface area (Å²) in [4.78, 5) is 24.1. The molecule has 7 heteroatoms. The fourth-order valence-electron chi connectivity index (χ4n) is 1.54. The van der Waals surface area contributed by atoms with Gasteiger partial charge in [0.2, 0.25) is 0 Å². The van der Waals surface area contributed by atoms with Gasteiger partial charge in [-0.15, -0.1) is 11.3 Å². The van der Waals surface area contributed by atoms with Gasteiger partial charge in [-0.25, -0.2) is 19.7 Å². The summed E-state index contributed by atoms with van der Waals surface area (Å²) in [5.74, 6) is 0.169.